The molecule has 244 valence electrons. The molecule has 2 heterocycles. The van der Waals surface area contributed by atoms with Gasteiger partial charge in [-0.05, 0) is 102 Å². The Kier molecular flexibility index (Phi) is 6.60. The fraction of sp³-hybridized carbons (Fsp3) is 0.0400. The minimum absolute atomic E-state index is 0.396. The van der Waals surface area contributed by atoms with Crippen molar-refractivity contribution in [3.8, 4) is 33.4 Å². The lowest BCUT2D eigenvalue weighted by molar-refractivity contribution is 1.68. The van der Waals surface area contributed by atoms with Gasteiger partial charge >= 0.3 is 0 Å². The van der Waals surface area contributed by atoms with E-state index in [0.29, 0.717) is 0 Å². The molecule has 2 unspecified atom stereocenters. The maximum Gasteiger partial charge on any atom is 0.00274 e. The molecule has 2 heteroatoms. The van der Waals surface area contributed by atoms with Crippen LogP contribution in [0.1, 0.15) is 0 Å². The summed E-state index contributed by atoms with van der Waals surface area (Å²) in [6.07, 6.45) is 0. The highest BCUT2D eigenvalue weighted by Gasteiger charge is 2.20. The van der Waals surface area contributed by atoms with Crippen LogP contribution in [0.15, 0.2) is 170 Å². The number of aryl methyl sites for hydroxylation is 2. The van der Waals surface area contributed by atoms with Crippen LogP contribution in [0, 0.1) is 0 Å². The van der Waals surface area contributed by atoms with Crippen LogP contribution < -0.4 is 0 Å². The van der Waals surface area contributed by atoms with E-state index in [9.17, 15) is 0 Å². The molecule has 0 aliphatic rings. The Labute approximate surface area is 304 Å². The van der Waals surface area contributed by atoms with E-state index in [4.69, 9.17) is 0 Å². The summed E-state index contributed by atoms with van der Waals surface area (Å²) in [4.78, 5) is 0. The first-order valence-corrected chi connectivity index (χ1v) is 21.6. The number of rotatable bonds is 3. The first-order valence-electron chi connectivity index (χ1n) is 18.1. The van der Waals surface area contributed by atoms with Gasteiger partial charge in [-0.2, -0.15) is 0 Å². The highest BCUT2D eigenvalue weighted by molar-refractivity contribution is 7.60. The van der Waals surface area contributed by atoms with Crippen molar-refractivity contribution in [1.82, 2.24) is 0 Å². The van der Waals surface area contributed by atoms with Gasteiger partial charge in [-0.25, -0.2) is 0 Å². The van der Waals surface area contributed by atoms with Gasteiger partial charge in [0.15, 0.2) is 0 Å². The molecule has 0 amide bonds. The predicted octanol–water partition coefficient (Wildman–Crippen LogP) is 15.8. The van der Waals surface area contributed by atoms with Gasteiger partial charge < -0.3 is 0 Å². The Morgan fingerprint density at radius 2 is 0.750 bits per heavy atom. The third-order valence-electron chi connectivity index (χ3n) is 11.5. The SMILES string of the molecule is Cp1c2ccccc2c2c(-c3cccc4c(-c5ccc6ccccc6c5)c5cccc(-c6cccc7c6c6ccccc6p7C)c5cc34)cccc21. The summed E-state index contributed by atoms with van der Waals surface area (Å²) in [5.41, 5.74) is 7.82. The highest BCUT2D eigenvalue weighted by Crippen LogP contribution is 2.53. The zero-order valence-electron chi connectivity index (χ0n) is 29.1. The minimum atomic E-state index is -0.396. The van der Waals surface area contributed by atoms with Gasteiger partial charge in [-0.15, -0.1) is 15.1 Å². The van der Waals surface area contributed by atoms with Crippen molar-refractivity contribution >= 4 is 89.4 Å². The van der Waals surface area contributed by atoms with E-state index in [2.05, 4.69) is 183 Å². The minimum Gasteiger partial charge on any atom is -0.112 e. The Morgan fingerprint density at radius 3 is 1.33 bits per heavy atom. The van der Waals surface area contributed by atoms with Crippen LogP contribution in [-0.4, -0.2) is 0 Å². The molecule has 0 saturated heterocycles. The van der Waals surface area contributed by atoms with Crippen LogP contribution in [0.2, 0.25) is 0 Å². The molecule has 11 rings (SSSR count). The second kappa shape index (κ2) is 11.4. The van der Waals surface area contributed by atoms with Gasteiger partial charge in [0.1, 0.15) is 0 Å². The number of fused-ring (bicyclic) bond motifs is 9. The van der Waals surface area contributed by atoms with Gasteiger partial charge in [0.2, 0.25) is 0 Å². The summed E-state index contributed by atoms with van der Waals surface area (Å²) >= 11 is 0. The molecule has 9 aromatic carbocycles. The zero-order valence-corrected chi connectivity index (χ0v) is 30.8. The average molecular weight is 697 g/mol. The van der Waals surface area contributed by atoms with Crippen LogP contribution in [0.5, 0.6) is 0 Å². The van der Waals surface area contributed by atoms with Crippen molar-refractivity contribution in [1.29, 1.82) is 0 Å². The predicted molar refractivity (Wildman–Crippen MR) is 233 cm³/mol. The normalized spacial score (nSPS) is 12.7. The fourth-order valence-electron chi connectivity index (χ4n) is 9.16. The third kappa shape index (κ3) is 4.23. The first kappa shape index (κ1) is 30.0. The van der Waals surface area contributed by atoms with Gasteiger partial charge in [-0.1, -0.05) is 158 Å². The molecule has 0 spiro atoms. The topological polar surface area (TPSA) is 0 Å². The third-order valence-corrected chi connectivity index (χ3v) is 16.0. The van der Waals surface area contributed by atoms with E-state index in [1.165, 1.54) is 108 Å². The fourth-order valence-corrected chi connectivity index (χ4v) is 13.2. The maximum atomic E-state index is 2.52. The lowest BCUT2D eigenvalue weighted by Crippen LogP contribution is -1.91. The van der Waals surface area contributed by atoms with E-state index < -0.39 is 15.1 Å². The second-order valence-corrected chi connectivity index (χ2v) is 18.3. The molecule has 0 aliphatic heterocycles. The molecule has 11 aromatic rings. The van der Waals surface area contributed by atoms with Gasteiger partial charge in [0.05, 0.1) is 0 Å². The molecule has 0 saturated carbocycles. The summed E-state index contributed by atoms with van der Waals surface area (Å²) in [5.74, 6) is 0. The largest absolute Gasteiger partial charge is 0.112 e. The molecule has 2 aromatic heterocycles. The summed E-state index contributed by atoms with van der Waals surface area (Å²) in [6, 6.07) is 64.4. The van der Waals surface area contributed by atoms with Crippen LogP contribution in [-0.2, 0) is 13.3 Å². The van der Waals surface area contributed by atoms with Crippen LogP contribution >= 0.6 is 15.1 Å². The van der Waals surface area contributed by atoms with Crippen molar-refractivity contribution in [3.63, 3.8) is 0 Å². The molecule has 0 radical (unpaired) electrons. The molecule has 2 atom stereocenters. The van der Waals surface area contributed by atoms with E-state index in [0.717, 1.165) is 0 Å². The summed E-state index contributed by atoms with van der Waals surface area (Å²) in [5, 5.41) is 19.3. The number of hydrogen-bond donors (Lipinski definition) is 0. The molecule has 0 N–H and O–H groups in total. The second-order valence-electron chi connectivity index (χ2n) is 14.2. The molecule has 0 aliphatic carbocycles. The maximum absolute atomic E-state index is 2.52. The Bertz CT molecular complexity index is 3090. The van der Waals surface area contributed by atoms with E-state index in [-0.39, 0.29) is 0 Å². The first-order chi connectivity index (χ1) is 25.7. The lowest BCUT2D eigenvalue weighted by atomic mass is 9.85. The van der Waals surface area contributed by atoms with Crippen molar-refractivity contribution in [2.75, 3.05) is 0 Å². The van der Waals surface area contributed by atoms with Crippen molar-refractivity contribution < 1.29 is 0 Å². The molecule has 52 heavy (non-hydrogen) atoms. The van der Waals surface area contributed by atoms with Gasteiger partial charge in [-0.3, -0.25) is 0 Å². The molecule has 0 fully saturated rings. The summed E-state index contributed by atoms with van der Waals surface area (Å²) < 4.78 is 0. The summed E-state index contributed by atoms with van der Waals surface area (Å²) in [6.45, 7) is 4.84. The van der Waals surface area contributed by atoms with Crippen molar-refractivity contribution in [3.05, 3.63) is 170 Å². The summed E-state index contributed by atoms with van der Waals surface area (Å²) in [7, 11) is -0.792. The van der Waals surface area contributed by atoms with E-state index in [1.807, 2.05) is 0 Å². The smallest absolute Gasteiger partial charge is 0.00274 e. The molecule has 0 nitrogen and oxygen atoms in total. The van der Waals surface area contributed by atoms with Crippen molar-refractivity contribution in [2.45, 2.75) is 0 Å². The lowest BCUT2D eigenvalue weighted by Gasteiger charge is -2.18. The average Bonchev–Trinajstić information content (AvgIpc) is 3.67. The van der Waals surface area contributed by atoms with Crippen LogP contribution in [0.4, 0.5) is 0 Å². The molecule has 0 bridgehead atoms. The van der Waals surface area contributed by atoms with Gasteiger partial charge in [0.25, 0.3) is 0 Å². The quantitative estimate of drug-likeness (QED) is 0.161. The van der Waals surface area contributed by atoms with Gasteiger partial charge in [0, 0.05) is 31.2 Å². The Balaban J connectivity index is 1.31. The standard InChI is InChI=1S/C50H34P2/c1-51-44-23-7-5-15-40(44)49-36(21-11-25-46(49)51)34-17-9-19-38-42(34)30-43-35(37-22-12-26-47-50(37)41-16-6-8-24-45(41)52(47)2)18-10-20-39(43)48(38)33-28-27-31-13-3-4-14-32(31)29-33/h3-30H,1-2H3. The monoisotopic (exact) mass is 696 g/mol. The van der Waals surface area contributed by atoms with E-state index in [1.54, 1.807) is 0 Å². The highest BCUT2D eigenvalue weighted by atomic mass is 31.1. The number of benzene rings is 9. The Morgan fingerprint density at radius 1 is 0.308 bits per heavy atom. The van der Waals surface area contributed by atoms with Crippen LogP contribution in [0.25, 0.3) is 108 Å². The zero-order chi connectivity index (χ0) is 34.5. The van der Waals surface area contributed by atoms with Crippen molar-refractivity contribution in [2.24, 2.45) is 13.3 Å². The van der Waals surface area contributed by atoms with E-state index >= 15 is 0 Å². The number of hydrogen-bond acceptors (Lipinski definition) is 0. The van der Waals surface area contributed by atoms with Crippen LogP contribution in [0.3, 0.4) is 0 Å². The molecular formula is C50H34P2. The molecular weight excluding hydrogens is 662 g/mol. The Hall–Kier alpha value is -5.64.